The number of nitrogens with one attached hydrogen (secondary N) is 3. The van der Waals surface area contributed by atoms with Crippen LogP contribution in [0.4, 0.5) is 21.6 Å². The van der Waals surface area contributed by atoms with Crippen LogP contribution in [0.3, 0.4) is 0 Å². The summed E-state index contributed by atoms with van der Waals surface area (Å²) in [6.45, 7) is 11.6. The molecule has 2 saturated heterocycles. The normalized spacial score (nSPS) is 21.3. The molecule has 77 heavy (non-hydrogen) atoms. The molecule has 1 amide bonds. The van der Waals surface area contributed by atoms with Crippen LogP contribution in [-0.2, 0) is 23.6 Å². The smallest absolute Gasteiger partial charge is 0.312 e. The number of aryl methyl sites for hydroxylation is 1. The van der Waals surface area contributed by atoms with Crippen LogP contribution in [0.25, 0.3) is 11.0 Å². The lowest BCUT2D eigenvalue weighted by molar-refractivity contribution is -0.384. The van der Waals surface area contributed by atoms with Crippen molar-refractivity contribution in [1.29, 1.82) is 0 Å². The molecule has 4 fully saturated rings. The van der Waals surface area contributed by atoms with Crippen LogP contribution in [0.1, 0.15) is 111 Å². The standard InChI is InChI=1S/C55H68FN11O9S/c1-34(2)40-9-7-8-10-41(40)46-33-64(32-36-31-63(4)61-52(36)74-5)21-22-66(46)38-26-55(27-38)17-19-65(20-18-55)37-11-12-42(47(23-37)76-48-25-43-44(56)30-59-49(43)60-53(48)75-6)51(68)62-77(72,73)39-24-45(67(70)71)50(58-29-39)57-28-35-13-15-54(3,69)16-14-35/h7-12,23-25,29-31,34-35,38,46,69H,13-22,26-28,32-33H2,1-6H3,(H,57,58)(H,59,60)(H,62,68)/t35?,46-,54?/m0/s1. The zero-order chi connectivity index (χ0) is 54.4. The number of piperidine rings is 1. The Morgan fingerprint density at radius 2 is 1.74 bits per heavy atom. The lowest BCUT2D eigenvalue weighted by Gasteiger charge is -2.58. The van der Waals surface area contributed by atoms with Crippen molar-refractivity contribution in [2.75, 3.05) is 63.7 Å². The molecule has 1 spiro atoms. The summed E-state index contributed by atoms with van der Waals surface area (Å²) in [5, 5.41) is 30.2. The van der Waals surface area contributed by atoms with E-state index in [9.17, 15) is 32.8 Å². The molecule has 0 radical (unpaired) electrons. The van der Waals surface area contributed by atoms with E-state index in [2.05, 4.69) is 82.9 Å². The summed E-state index contributed by atoms with van der Waals surface area (Å²) >= 11 is 0. The molecule has 20 nitrogen and oxygen atoms in total. The Kier molecular flexibility index (Phi) is 14.9. The number of piperazine rings is 1. The molecule has 2 aliphatic carbocycles. The van der Waals surface area contributed by atoms with Gasteiger partial charge in [0.05, 0.1) is 41.9 Å². The van der Waals surface area contributed by atoms with Crippen LogP contribution >= 0.6 is 0 Å². The van der Waals surface area contributed by atoms with Gasteiger partial charge in [-0.3, -0.25) is 29.4 Å². The van der Waals surface area contributed by atoms with Gasteiger partial charge in [-0.1, -0.05) is 38.1 Å². The van der Waals surface area contributed by atoms with Crippen molar-refractivity contribution in [3.05, 3.63) is 111 Å². The number of pyridine rings is 2. The average Bonchev–Trinajstić information content (AvgIpc) is 4.01. The van der Waals surface area contributed by atoms with Crippen molar-refractivity contribution in [2.24, 2.45) is 18.4 Å². The Morgan fingerprint density at radius 3 is 2.45 bits per heavy atom. The van der Waals surface area contributed by atoms with E-state index in [1.165, 1.54) is 30.4 Å². The van der Waals surface area contributed by atoms with Gasteiger partial charge in [0.15, 0.2) is 5.75 Å². The third kappa shape index (κ3) is 11.3. The van der Waals surface area contributed by atoms with Gasteiger partial charge >= 0.3 is 5.69 Å². The van der Waals surface area contributed by atoms with Crippen molar-refractivity contribution in [3.63, 3.8) is 0 Å². The molecule has 1 atom stereocenters. The molecule has 22 heteroatoms. The van der Waals surface area contributed by atoms with Gasteiger partial charge in [0.25, 0.3) is 21.8 Å². The van der Waals surface area contributed by atoms with E-state index in [1.807, 2.05) is 13.2 Å². The second kappa shape index (κ2) is 21.5. The van der Waals surface area contributed by atoms with Crippen LogP contribution in [0.2, 0.25) is 0 Å². The van der Waals surface area contributed by atoms with Gasteiger partial charge in [-0.15, -0.1) is 5.10 Å². The molecular formula is C55H68FN11O9S. The number of aromatic nitrogens is 5. The summed E-state index contributed by atoms with van der Waals surface area (Å²) < 4.78 is 64.1. The zero-order valence-corrected chi connectivity index (χ0v) is 45.2. The lowest BCUT2D eigenvalue weighted by Crippen LogP contribution is -2.60. The number of nitro groups is 1. The number of halogens is 1. The molecule has 4 aliphatic rings. The van der Waals surface area contributed by atoms with Gasteiger partial charge < -0.3 is 34.5 Å². The Morgan fingerprint density at radius 1 is 1.00 bits per heavy atom. The van der Waals surface area contributed by atoms with E-state index in [0.29, 0.717) is 50.1 Å². The second-order valence-electron chi connectivity index (χ2n) is 22.0. The number of fused-ring (bicyclic) bond motifs is 1. The largest absolute Gasteiger partial charge is 0.480 e. The highest BCUT2D eigenvalue weighted by molar-refractivity contribution is 7.90. The van der Waals surface area contributed by atoms with Gasteiger partial charge in [0, 0.05) is 107 Å². The fraction of sp³-hybridized carbons (Fsp3) is 0.491. The minimum atomic E-state index is -4.75. The number of amides is 1. The third-order valence-corrected chi connectivity index (χ3v) is 17.7. The molecule has 0 bridgehead atoms. The van der Waals surface area contributed by atoms with Crippen LogP contribution < -0.4 is 29.1 Å². The Balaban J connectivity index is 0.859. The summed E-state index contributed by atoms with van der Waals surface area (Å²) in [4.78, 5) is 43.8. The lowest BCUT2D eigenvalue weighted by atomic mass is 9.59. The second-order valence-corrected chi connectivity index (χ2v) is 23.7. The molecule has 10 rings (SSSR count). The fourth-order valence-electron chi connectivity index (χ4n) is 12.0. The molecule has 2 aliphatic heterocycles. The minimum absolute atomic E-state index is 0.0179. The first-order valence-electron chi connectivity index (χ1n) is 26.4. The number of sulfonamides is 1. The van der Waals surface area contributed by atoms with Crippen molar-refractivity contribution in [3.8, 4) is 23.3 Å². The van der Waals surface area contributed by atoms with Gasteiger partial charge in [-0.2, -0.15) is 4.98 Å². The molecule has 2 aromatic carbocycles. The first-order valence-corrected chi connectivity index (χ1v) is 27.9. The molecular weight excluding hydrogens is 1010 g/mol. The van der Waals surface area contributed by atoms with E-state index in [-0.39, 0.29) is 57.2 Å². The van der Waals surface area contributed by atoms with Crippen LogP contribution in [0, 0.1) is 27.3 Å². The zero-order valence-electron chi connectivity index (χ0n) is 44.4. The summed E-state index contributed by atoms with van der Waals surface area (Å²) in [5.74, 6) is -0.742. The van der Waals surface area contributed by atoms with Gasteiger partial charge in [-0.05, 0) is 98.8 Å². The van der Waals surface area contributed by atoms with Crippen LogP contribution in [-0.4, -0.2) is 124 Å². The van der Waals surface area contributed by atoms with Gasteiger partial charge in [0.2, 0.25) is 11.7 Å². The van der Waals surface area contributed by atoms with E-state index < -0.39 is 42.9 Å². The molecule has 4 N–H and O–H groups in total. The number of ether oxygens (including phenoxy) is 3. The number of carbonyl (C=O) groups excluding carboxylic acids is 1. The van der Waals surface area contributed by atoms with Crippen LogP contribution in [0.5, 0.6) is 23.3 Å². The first-order chi connectivity index (χ1) is 36.8. The summed E-state index contributed by atoms with van der Waals surface area (Å²) in [6.07, 6.45) is 10.8. The highest BCUT2D eigenvalue weighted by Crippen LogP contribution is 2.54. The van der Waals surface area contributed by atoms with Gasteiger partial charge in [0.1, 0.15) is 22.1 Å². The number of H-pyrrole nitrogens is 1. The van der Waals surface area contributed by atoms with Gasteiger partial charge in [-0.25, -0.2) is 22.5 Å². The van der Waals surface area contributed by atoms with E-state index in [0.717, 1.165) is 94.7 Å². The third-order valence-electron chi connectivity index (χ3n) is 16.4. The molecule has 2 saturated carbocycles. The Bertz CT molecular complexity index is 3270. The number of aromatic amines is 1. The maximum atomic E-state index is 14.9. The molecule has 6 aromatic rings. The molecule has 6 heterocycles. The molecule has 410 valence electrons. The molecule has 4 aromatic heterocycles. The summed E-state index contributed by atoms with van der Waals surface area (Å²) in [7, 11) is 0.207. The van der Waals surface area contributed by atoms with E-state index in [1.54, 1.807) is 30.8 Å². The highest BCUT2D eigenvalue weighted by Gasteiger charge is 2.50. The van der Waals surface area contributed by atoms with E-state index >= 15 is 0 Å². The van der Waals surface area contributed by atoms with Crippen molar-refractivity contribution >= 4 is 44.2 Å². The molecule has 0 unspecified atom stereocenters. The number of rotatable bonds is 17. The average molecular weight is 1080 g/mol. The number of hydrogen-bond donors (Lipinski definition) is 4. The number of carbonyl (C=O) groups is 1. The van der Waals surface area contributed by atoms with E-state index in [4.69, 9.17) is 14.2 Å². The van der Waals surface area contributed by atoms with Crippen molar-refractivity contribution in [2.45, 2.75) is 107 Å². The number of anilines is 2. The van der Waals surface area contributed by atoms with Crippen molar-refractivity contribution in [1.82, 2.24) is 39.3 Å². The topological polar surface area (TPSA) is 235 Å². The number of benzene rings is 2. The monoisotopic (exact) mass is 1080 g/mol. The maximum absolute atomic E-state index is 14.9. The quantitative estimate of drug-likeness (QED) is 0.0495. The minimum Gasteiger partial charge on any atom is -0.480 e. The number of nitrogens with zero attached hydrogens (tertiary/aromatic N) is 8. The summed E-state index contributed by atoms with van der Waals surface area (Å²) in [5.41, 5.74) is 3.38. The predicted molar refractivity (Wildman–Crippen MR) is 288 cm³/mol. The number of methoxy groups -OCH3 is 2. The predicted octanol–water partition coefficient (Wildman–Crippen LogP) is 8.45. The van der Waals surface area contributed by atoms with Crippen molar-refractivity contribution < 1.29 is 41.8 Å². The summed E-state index contributed by atoms with van der Waals surface area (Å²) in [6, 6.07) is 16.6. The number of hydrogen-bond acceptors (Lipinski definition) is 16. The van der Waals surface area contributed by atoms with Crippen LogP contribution in [0.15, 0.2) is 78.1 Å². The Hall–Kier alpha value is -6.88. The first kappa shape index (κ1) is 53.5. The Labute approximate surface area is 447 Å². The SMILES string of the molecule is COc1nn(C)cc1CN1CCN(C2CC3(CCN(c4ccc(C(=O)NS(=O)(=O)c5cnc(NCC6CCC(C)(O)CC6)c([N+](=O)[O-])c5)c(Oc5cc6c(F)c[nH]c6nc5OC)c4)CC3)C2)[C@H](c2ccccc2C(C)C)C1. The number of aliphatic hydroxyl groups is 1. The fourth-order valence-corrected chi connectivity index (χ4v) is 13.0. The maximum Gasteiger partial charge on any atom is 0.312 e. The highest BCUT2D eigenvalue weighted by atomic mass is 32.2.